The summed E-state index contributed by atoms with van der Waals surface area (Å²) in [5.41, 5.74) is 2.67. The van der Waals surface area contributed by atoms with E-state index in [1.54, 1.807) is 35.8 Å². The van der Waals surface area contributed by atoms with Gasteiger partial charge in [-0.2, -0.15) is 0 Å². The first-order valence-corrected chi connectivity index (χ1v) is 7.79. The van der Waals surface area contributed by atoms with Gasteiger partial charge in [0.15, 0.2) is 5.78 Å². The summed E-state index contributed by atoms with van der Waals surface area (Å²) in [5, 5.41) is 12.6. The fourth-order valence-electron chi connectivity index (χ4n) is 1.81. The number of carbonyl (C=O) groups excluding carboxylic acids is 1. The number of hydrogen-bond donors (Lipinski definition) is 1. The van der Waals surface area contributed by atoms with Crippen LogP contribution in [-0.2, 0) is 11.2 Å². The Kier molecular flexibility index (Phi) is 4.52. The lowest BCUT2D eigenvalue weighted by molar-refractivity contribution is -0.136. The topological polar surface area (TPSA) is 54.4 Å². The second-order valence-electron chi connectivity index (χ2n) is 4.51. The molecule has 0 saturated heterocycles. The van der Waals surface area contributed by atoms with Gasteiger partial charge in [0.1, 0.15) is 0 Å². The number of aryl methyl sites for hydroxylation is 1. The highest BCUT2D eigenvalue weighted by atomic mass is 32.1. The SMILES string of the molecule is Cc1csc(C=CC(=O)c2scc(CC(=O)O)c2C)c1. The number of aliphatic carboxylic acids is 1. The summed E-state index contributed by atoms with van der Waals surface area (Å²) < 4.78 is 0. The summed E-state index contributed by atoms with van der Waals surface area (Å²) in [6.07, 6.45) is 3.31. The van der Waals surface area contributed by atoms with Crippen molar-refractivity contribution in [1.29, 1.82) is 0 Å². The van der Waals surface area contributed by atoms with Gasteiger partial charge in [0.2, 0.25) is 0 Å². The van der Waals surface area contributed by atoms with Gasteiger partial charge in [-0.25, -0.2) is 0 Å². The van der Waals surface area contributed by atoms with Crippen molar-refractivity contribution in [2.75, 3.05) is 0 Å². The second-order valence-corrected chi connectivity index (χ2v) is 6.33. The van der Waals surface area contributed by atoms with Crippen molar-refractivity contribution in [1.82, 2.24) is 0 Å². The quantitative estimate of drug-likeness (QED) is 0.672. The van der Waals surface area contributed by atoms with E-state index in [-0.39, 0.29) is 12.2 Å². The molecule has 0 unspecified atom stereocenters. The molecule has 2 aromatic heterocycles. The van der Waals surface area contributed by atoms with Crippen molar-refractivity contribution in [2.24, 2.45) is 0 Å². The Morgan fingerprint density at radius 1 is 1.25 bits per heavy atom. The van der Waals surface area contributed by atoms with Crippen LogP contribution in [0.15, 0.2) is 22.9 Å². The minimum Gasteiger partial charge on any atom is -0.481 e. The molecule has 0 saturated carbocycles. The molecule has 0 spiro atoms. The van der Waals surface area contributed by atoms with Crippen LogP contribution in [0.4, 0.5) is 0 Å². The minimum atomic E-state index is -0.880. The monoisotopic (exact) mass is 306 g/mol. The van der Waals surface area contributed by atoms with Gasteiger partial charge in [0, 0.05) is 4.88 Å². The van der Waals surface area contributed by atoms with Crippen LogP contribution in [0.5, 0.6) is 0 Å². The third-order valence-electron chi connectivity index (χ3n) is 2.86. The van der Waals surface area contributed by atoms with E-state index in [2.05, 4.69) is 0 Å². The van der Waals surface area contributed by atoms with Crippen LogP contribution < -0.4 is 0 Å². The van der Waals surface area contributed by atoms with Crippen molar-refractivity contribution in [3.05, 3.63) is 49.3 Å². The zero-order valence-corrected chi connectivity index (χ0v) is 12.8. The molecule has 1 N–H and O–H groups in total. The van der Waals surface area contributed by atoms with Crippen molar-refractivity contribution in [3.63, 3.8) is 0 Å². The molecule has 0 aliphatic carbocycles. The lowest BCUT2D eigenvalue weighted by atomic mass is 10.1. The Balaban J connectivity index is 2.15. The van der Waals surface area contributed by atoms with Crippen LogP contribution >= 0.6 is 22.7 Å². The molecule has 20 heavy (non-hydrogen) atoms. The van der Waals surface area contributed by atoms with E-state index in [1.165, 1.54) is 16.9 Å². The molecule has 2 heterocycles. The normalized spacial score (nSPS) is 11.1. The maximum absolute atomic E-state index is 12.1. The summed E-state index contributed by atoms with van der Waals surface area (Å²) in [6, 6.07) is 2.02. The molecule has 0 aliphatic rings. The van der Waals surface area contributed by atoms with Crippen LogP contribution in [0.2, 0.25) is 0 Å². The number of thiophene rings is 2. The molecule has 104 valence electrons. The predicted octanol–water partition coefficient (Wildman–Crippen LogP) is 3.95. The van der Waals surface area contributed by atoms with Crippen molar-refractivity contribution in [3.8, 4) is 0 Å². The van der Waals surface area contributed by atoms with E-state index in [9.17, 15) is 9.59 Å². The summed E-state index contributed by atoms with van der Waals surface area (Å²) >= 11 is 2.90. The zero-order valence-electron chi connectivity index (χ0n) is 11.2. The molecule has 0 bridgehead atoms. The summed E-state index contributed by atoms with van der Waals surface area (Å²) in [6.45, 7) is 3.81. The van der Waals surface area contributed by atoms with Crippen molar-refractivity contribution < 1.29 is 14.7 Å². The van der Waals surface area contributed by atoms with Gasteiger partial charge in [-0.3, -0.25) is 9.59 Å². The standard InChI is InChI=1S/C15H14O3S2/c1-9-5-12(19-7-9)3-4-13(16)15-10(2)11(8-20-15)6-14(17)18/h3-5,7-8H,6H2,1-2H3,(H,17,18). The Morgan fingerprint density at radius 3 is 2.60 bits per heavy atom. The molecule has 3 nitrogen and oxygen atoms in total. The highest BCUT2D eigenvalue weighted by Gasteiger charge is 2.14. The second kappa shape index (κ2) is 6.15. The summed E-state index contributed by atoms with van der Waals surface area (Å²) in [5.74, 6) is -0.954. The lowest BCUT2D eigenvalue weighted by Gasteiger charge is -1.97. The number of allylic oxidation sites excluding steroid dienone is 1. The van der Waals surface area contributed by atoms with Crippen LogP contribution in [0.25, 0.3) is 6.08 Å². The number of carboxylic acids is 1. The van der Waals surface area contributed by atoms with Gasteiger partial charge in [-0.1, -0.05) is 0 Å². The first kappa shape index (κ1) is 14.7. The summed E-state index contributed by atoms with van der Waals surface area (Å²) in [4.78, 5) is 24.5. The third kappa shape index (κ3) is 3.43. The summed E-state index contributed by atoms with van der Waals surface area (Å²) in [7, 11) is 0. The van der Waals surface area contributed by atoms with Gasteiger partial charge in [0.05, 0.1) is 11.3 Å². The van der Waals surface area contributed by atoms with E-state index in [0.717, 1.165) is 10.4 Å². The Bertz CT molecular complexity index is 677. The van der Waals surface area contributed by atoms with Gasteiger partial charge >= 0.3 is 5.97 Å². The average molecular weight is 306 g/mol. The molecule has 0 fully saturated rings. The number of rotatable bonds is 5. The highest BCUT2D eigenvalue weighted by Crippen LogP contribution is 2.24. The molecule has 2 rings (SSSR count). The van der Waals surface area contributed by atoms with Gasteiger partial charge in [0.25, 0.3) is 0 Å². The van der Waals surface area contributed by atoms with Crippen LogP contribution in [-0.4, -0.2) is 16.9 Å². The van der Waals surface area contributed by atoms with E-state index < -0.39 is 5.97 Å². The molecule has 2 aromatic rings. The van der Waals surface area contributed by atoms with Gasteiger partial charge < -0.3 is 5.11 Å². The maximum Gasteiger partial charge on any atom is 0.307 e. The fourth-order valence-corrected chi connectivity index (χ4v) is 3.61. The predicted molar refractivity (Wildman–Crippen MR) is 82.8 cm³/mol. The Hall–Kier alpha value is -1.72. The number of hydrogen-bond acceptors (Lipinski definition) is 4. The molecular formula is C15H14O3S2. The zero-order chi connectivity index (χ0) is 14.7. The molecule has 0 atom stereocenters. The van der Waals surface area contributed by atoms with E-state index in [1.807, 2.05) is 18.4 Å². The number of ketones is 1. The first-order chi connectivity index (χ1) is 9.47. The van der Waals surface area contributed by atoms with Crippen molar-refractivity contribution >= 4 is 40.5 Å². The first-order valence-electron chi connectivity index (χ1n) is 6.03. The Labute approximate surface area is 125 Å². The largest absolute Gasteiger partial charge is 0.481 e. The molecule has 0 amide bonds. The van der Waals surface area contributed by atoms with Crippen molar-refractivity contribution in [2.45, 2.75) is 20.3 Å². The number of carboxylic acid groups (broad SMARTS) is 1. The molecule has 0 aliphatic heterocycles. The smallest absolute Gasteiger partial charge is 0.307 e. The fraction of sp³-hybridized carbons (Fsp3) is 0.200. The van der Waals surface area contributed by atoms with E-state index >= 15 is 0 Å². The lowest BCUT2D eigenvalue weighted by Crippen LogP contribution is -2.01. The maximum atomic E-state index is 12.1. The third-order valence-corrected chi connectivity index (χ3v) is 5.02. The van der Waals surface area contributed by atoms with Crippen LogP contribution in [0.3, 0.4) is 0 Å². The molecule has 0 aromatic carbocycles. The van der Waals surface area contributed by atoms with Gasteiger partial charge in [-0.15, -0.1) is 22.7 Å². The Morgan fingerprint density at radius 2 is 2.00 bits per heavy atom. The number of carbonyl (C=O) groups is 2. The minimum absolute atomic E-state index is 0.0382. The van der Waals surface area contributed by atoms with Crippen LogP contribution in [0, 0.1) is 13.8 Å². The van der Waals surface area contributed by atoms with E-state index in [4.69, 9.17) is 5.11 Å². The van der Waals surface area contributed by atoms with Gasteiger partial charge in [-0.05, 0) is 59.5 Å². The highest BCUT2D eigenvalue weighted by molar-refractivity contribution is 7.12. The van der Waals surface area contributed by atoms with Crippen LogP contribution in [0.1, 0.15) is 31.2 Å². The average Bonchev–Trinajstić information content (AvgIpc) is 2.94. The molecule has 5 heteroatoms. The van der Waals surface area contributed by atoms with E-state index in [0.29, 0.717) is 10.4 Å². The molecular weight excluding hydrogens is 292 g/mol. The molecule has 0 radical (unpaired) electrons.